The predicted octanol–water partition coefficient (Wildman–Crippen LogP) is 2.97. The Morgan fingerprint density at radius 2 is 1.89 bits per heavy atom. The molecule has 0 aromatic heterocycles. The first-order valence-electron chi connectivity index (χ1n) is 5.50. The number of nitrogens with two attached hydrogens (primary N) is 1. The van der Waals surface area contributed by atoms with E-state index in [0.29, 0.717) is 16.8 Å². The van der Waals surface area contributed by atoms with E-state index in [4.69, 9.17) is 5.73 Å². The van der Waals surface area contributed by atoms with Crippen molar-refractivity contribution in [2.45, 2.75) is 6.92 Å². The number of carbonyl (C=O) groups is 1. The lowest BCUT2D eigenvalue weighted by Crippen LogP contribution is -2.15. The molecule has 0 bridgehead atoms. The average Bonchev–Trinajstić information content (AvgIpc) is 2.35. The molecule has 2 aromatic rings. The van der Waals surface area contributed by atoms with Gasteiger partial charge in [0.1, 0.15) is 5.82 Å². The van der Waals surface area contributed by atoms with Crippen LogP contribution in [0.2, 0.25) is 0 Å². The molecule has 3 nitrogen and oxygen atoms in total. The third-order valence-electron chi connectivity index (χ3n) is 2.74. The largest absolute Gasteiger partial charge is 0.398 e. The van der Waals surface area contributed by atoms with Gasteiger partial charge in [-0.3, -0.25) is 4.79 Å². The minimum atomic E-state index is -0.465. The number of hydrogen-bond donors (Lipinski definition) is 2. The maximum atomic E-state index is 13.4. The number of benzene rings is 2. The van der Waals surface area contributed by atoms with E-state index < -0.39 is 5.82 Å². The van der Waals surface area contributed by atoms with Crippen LogP contribution in [-0.2, 0) is 0 Å². The van der Waals surface area contributed by atoms with Gasteiger partial charge in [-0.2, -0.15) is 0 Å². The molecule has 0 spiro atoms. The number of carbonyl (C=O) groups excluding carboxylic acids is 1. The predicted molar refractivity (Wildman–Crippen MR) is 69.9 cm³/mol. The van der Waals surface area contributed by atoms with Crippen LogP contribution in [0, 0.1) is 12.7 Å². The molecule has 0 fully saturated rings. The number of hydrogen-bond acceptors (Lipinski definition) is 2. The van der Waals surface area contributed by atoms with Crippen LogP contribution in [0.4, 0.5) is 15.8 Å². The van der Waals surface area contributed by atoms with E-state index in [-0.39, 0.29) is 11.6 Å². The Labute approximate surface area is 104 Å². The van der Waals surface area contributed by atoms with E-state index in [9.17, 15) is 9.18 Å². The highest BCUT2D eigenvalue weighted by Crippen LogP contribution is 2.18. The maximum absolute atomic E-state index is 13.4. The van der Waals surface area contributed by atoms with Crippen molar-refractivity contribution in [3.05, 3.63) is 59.4 Å². The van der Waals surface area contributed by atoms with Crippen LogP contribution in [0.15, 0.2) is 42.5 Å². The summed E-state index contributed by atoms with van der Waals surface area (Å²) in [4.78, 5) is 12.0. The number of halogens is 1. The van der Waals surface area contributed by atoms with Crippen molar-refractivity contribution in [3.8, 4) is 0 Å². The molecule has 2 aromatic carbocycles. The van der Waals surface area contributed by atoms with Crippen molar-refractivity contribution in [2.75, 3.05) is 11.1 Å². The first-order chi connectivity index (χ1) is 8.59. The molecular formula is C14H13FN2O. The highest BCUT2D eigenvalue weighted by Gasteiger charge is 2.12. The minimum absolute atomic E-state index is 0.157. The lowest BCUT2D eigenvalue weighted by atomic mass is 10.1. The van der Waals surface area contributed by atoms with Crippen LogP contribution in [0.1, 0.15) is 15.9 Å². The number of rotatable bonds is 2. The van der Waals surface area contributed by atoms with Crippen molar-refractivity contribution in [1.82, 2.24) is 0 Å². The lowest BCUT2D eigenvalue weighted by Gasteiger charge is -2.09. The van der Waals surface area contributed by atoms with E-state index >= 15 is 0 Å². The summed E-state index contributed by atoms with van der Waals surface area (Å²) in [6, 6.07) is 11.1. The van der Waals surface area contributed by atoms with Gasteiger partial charge < -0.3 is 11.1 Å². The summed E-state index contributed by atoms with van der Waals surface area (Å²) in [5.74, 6) is -0.836. The van der Waals surface area contributed by atoms with Crippen molar-refractivity contribution in [1.29, 1.82) is 0 Å². The highest BCUT2D eigenvalue weighted by molar-refractivity contribution is 6.06. The standard InChI is InChI=1S/C14H13FN2O/c1-9-10(5-4-7-12(9)16)14(18)17-13-8-3-2-6-11(13)15/h2-8H,16H2,1H3,(H,17,18). The lowest BCUT2D eigenvalue weighted by molar-refractivity contribution is 0.102. The first kappa shape index (κ1) is 12.1. The fraction of sp³-hybridized carbons (Fsp3) is 0.0714. The van der Waals surface area contributed by atoms with Gasteiger partial charge in [-0.15, -0.1) is 0 Å². The Hall–Kier alpha value is -2.36. The summed E-state index contributed by atoms with van der Waals surface area (Å²) in [5, 5.41) is 2.53. The van der Waals surface area contributed by atoms with Crippen molar-refractivity contribution < 1.29 is 9.18 Å². The fourth-order valence-corrected chi connectivity index (χ4v) is 1.65. The monoisotopic (exact) mass is 244 g/mol. The maximum Gasteiger partial charge on any atom is 0.256 e. The molecule has 0 radical (unpaired) electrons. The Balaban J connectivity index is 2.28. The molecule has 4 heteroatoms. The smallest absolute Gasteiger partial charge is 0.256 e. The van der Waals surface area contributed by atoms with Gasteiger partial charge in [0.25, 0.3) is 5.91 Å². The SMILES string of the molecule is Cc1c(N)cccc1C(=O)Nc1ccccc1F. The minimum Gasteiger partial charge on any atom is -0.398 e. The Bertz CT molecular complexity index is 596. The summed E-state index contributed by atoms with van der Waals surface area (Å²) >= 11 is 0. The number of nitrogen functional groups attached to an aromatic ring is 1. The first-order valence-corrected chi connectivity index (χ1v) is 5.50. The molecule has 0 aliphatic carbocycles. The second-order valence-corrected chi connectivity index (χ2v) is 3.95. The number of amides is 1. The number of anilines is 2. The quantitative estimate of drug-likeness (QED) is 0.798. The van der Waals surface area contributed by atoms with Gasteiger partial charge in [0.2, 0.25) is 0 Å². The molecule has 2 rings (SSSR count). The van der Waals surface area contributed by atoms with Gasteiger partial charge >= 0.3 is 0 Å². The zero-order valence-electron chi connectivity index (χ0n) is 9.91. The van der Waals surface area contributed by atoms with Crippen LogP contribution in [0.25, 0.3) is 0 Å². The van der Waals surface area contributed by atoms with E-state index in [2.05, 4.69) is 5.32 Å². The molecule has 0 unspecified atom stereocenters. The van der Waals surface area contributed by atoms with E-state index in [0.717, 1.165) is 0 Å². The molecule has 0 atom stereocenters. The molecule has 18 heavy (non-hydrogen) atoms. The average molecular weight is 244 g/mol. The van der Waals surface area contributed by atoms with Gasteiger partial charge in [0.15, 0.2) is 0 Å². The van der Waals surface area contributed by atoms with Crippen LogP contribution in [0.3, 0.4) is 0 Å². The molecular weight excluding hydrogens is 231 g/mol. The summed E-state index contributed by atoms with van der Waals surface area (Å²) in [6.45, 7) is 1.76. The van der Waals surface area contributed by atoms with Gasteiger partial charge in [-0.1, -0.05) is 18.2 Å². The second-order valence-electron chi connectivity index (χ2n) is 3.95. The van der Waals surface area contributed by atoms with E-state index in [1.54, 1.807) is 37.3 Å². The Kier molecular flexibility index (Phi) is 3.28. The summed E-state index contributed by atoms with van der Waals surface area (Å²) in [5.41, 5.74) is 7.55. The molecule has 0 saturated heterocycles. The number of nitrogens with one attached hydrogen (secondary N) is 1. The second kappa shape index (κ2) is 4.87. The molecule has 1 amide bonds. The summed E-state index contributed by atoms with van der Waals surface area (Å²) < 4.78 is 13.4. The Morgan fingerprint density at radius 1 is 1.17 bits per heavy atom. The third kappa shape index (κ3) is 2.32. The third-order valence-corrected chi connectivity index (χ3v) is 2.74. The molecule has 92 valence electrons. The van der Waals surface area contributed by atoms with Gasteiger partial charge in [-0.05, 0) is 36.8 Å². The van der Waals surface area contributed by atoms with Crippen LogP contribution >= 0.6 is 0 Å². The normalized spacial score (nSPS) is 10.1. The van der Waals surface area contributed by atoms with Gasteiger partial charge in [0, 0.05) is 11.3 Å². The van der Waals surface area contributed by atoms with E-state index in [1.165, 1.54) is 12.1 Å². The van der Waals surface area contributed by atoms with Crippen molar-refractivity contribution in [2.24, 2.45) is 0 Å². The summed E-state index contributed by atoms with van der Waals surface area (Å²) in [7, 11) is 0. The van der Waals surface area contributed by atoms with Gasteiger partial charge in [0.05, 0.1) is 5.69 Å². The zero-order valence-corrected chi connectivity index (χ0v) is 9.91. The van der Waals surface area contributed by atoms with Crippen LogP contribution in [0.5, 0.6) is 0 Å². The van der Waals surface area contributed by atoms with Crippen LogP contribution < -0.4 is 11.1 Å². The van der Waals surface area contributed by atoms with Gasteiger partial charge in [-0.25, -0.2) is 4.39 Å². The number of para-hydroxylation sites is 1. The summed E-state index contributed by atoms with van der Waals surface area (Å²) in [6.07, 6.45) is 0. The van der Waals surface area contributed by atoms with E-state index in [1.807, 2.05) is 0 Å². The fourth-order valence-electron chi connectivity index (χ4n) is 1.65. The zero-order chi connectivity index (χ0) is 13.1. The molecule has 0 aliphatic rings. The molecule has 0 aliphatic heterocycles. The molecule has 0 saturated carbocycles. The highest BCUT2D eigenvalue weighted by atomic mass is 19.1. The molecule has 3 N–H and O–H groups in total. The molecule has 0 heterocycles. The topological polar surface area (TPSA) is 55.1 Å². The Morgan fingerprint density at radius 3 is 2.61 bits per heavy atom. The van der Waals surface area contributed by atoms with Crippen molar-refractivity contribution >= 4 is 17.3 Å². The van der Waals surface area contributed by atoms with Crippen LogP contribution in [-0.4, -0.2) is 5.91 Å². The van der Waals surface area contributed by atoms with Crippen molar-refractivity contribution in [3.63, 3.8) is 0 Å².